The molecule has 0 bridgehead atoms. The van der Waals surface area contributed by atoms with Crippen molar-refractivity contribution in [2.45, 2.75) is 12.3 Å². The number of para-hydroxylation sites is 4. The van der Waals surface area contributed by atoms with Crippen LogP contribution < -0.4 is 0 Å². The van der Waals surface area contributed by atoms with E-state index in [9.17, 15) is 0 Å². The van der Waals surface area contributed by atoms with Gasteiger partial charge in [0.25, 0.3) is 0 Å². The Balaban J connectivity index is 1.44. The van der Waals surface area contributed by atoms with Crippen molar-refractivity contribution in [3.05, 3.63) is 169 Å². The van der Waals surface area contributed by atoms with Crippen LogP contribution in [0.4, 0.5) is 0 Å². The van der Waals surface area contributed by atoms with E-state index in [0.29, 0.717) is 5.92 Å². The maximum Gasteiger partial charge on any atom is 0.0620 e. The Kier molecular flexibility index (Phi) is 5.44. The van der Waals surface area contributed by atoms with Gasteiger partial charge in [0.1, 0.15) is 0 Å². The lowest BCUT2D eigenvalue weighted by Gasteiger charge is -2.22. The van der Waals surface area contributed by atoms with Crippen molar-refractivity contribution in [2.24, 2.45) is 0 Å². The molecule has 1 aliphatic carbocycles. The van der Waals surface area contributed by atoms with E-state index in [4.69, 9.17) is 0 Å². The molecular formula is C44H30N2. The molecule has 0 saturated heterocycles. The van der Waals surface area contributed by atoms with E-state index in [0.717, 1.165) is 6.42 Å². The van der Waals surface area contributed by atoms with Crippen molar-refractivity contribution < 1.29 is 0 Å². The maximum absolute atomic E-state index is 2.52. The number of benzene rings is 7. The molecule has 0 aliphatic heterocycles. The number of fused-ring (bicyclic) bond motifs is 8. The van der Waals surface area contributed by atoms with E-state index in [1.165, 1.54) is 82.1 Å². The molecule has 10 rings (SSSR count). The third kappa shape index (κ3) is 3.53. The van der Waals surface area contributed by atoms with Crippen LogP contribution in [0, 0.1) is 0 Å². The molecule has 9 aromatic rings. The molecule has 2 heterocycles. The first kappa shape index (κ1) is 25.5. The van der Waals surface area contributed by atoms with E-state index in [1.54, 1.807) is 0 Å². The standard InChI is InChI=1S/C44H30N2/c1-2-14-29(15-3-1)30-26-27-37-38(28-30)44(46-41-24-12-8-18-33(41)34-19-9-13-25-42(34)46)36-21-5-4-20-35(36)43(37)45-39-22-10-6-16-31(39)32-17-7-11-23-40(32)45/h1-14,16-29H,15H2. The van der Waals surface area contributed by atoms with Crippen molar-refractivity contribution in [3.63, 3.8) is 0 Å². The first-order chi connectivity index (χ1) is 22.9. The average Bonchev–Trinajstić information content (AvgIpc) is 3.64. The quantitative estimate of drug-likeness (QED) is 0.182. The second-order valence-electron chi connectivity index (χ2n) is 12.4. The maximum atomic E-state index is 2.52. The number of aromatic nitrogens is 2. The van der Waals surface area contributed by atoms with Crippen LogP contribution in [0.5, 0.6) is 0 Å². The van der Waals surface area contributed by atoms with E-state index >= 15 is 0 Å². The SMILES string of the molecule is C1=CCC(c2ccc3c(-n4c5ccccc5c5ccccc54)c4ccccc4c(-n4c5ccccc5c5ccccc54)c3c2)C=C1. The molecule has 2 heteroatoms. The van der Waals surface area contributed by atoms with Gasteiger partial charge in [-0.15, -0.1) is 0 Å². The Hall–Kier alpha value is -5.86. The topological polar surface area (TPSA) is 9.86 Å². The van der Waals surface area contributed by atoms with Gasteiger partial charge in [0, 0.05) is 49.0 Å². The Bertz CT molecular complexity index is 2630. The van der Waals surface area contributed by atoms with Gasteiger partial charge in [0.15, 0.2) is 0 Å². The normalized spacial score (nSPS) is 14.9. The molecule has 1 atom stereocenters. The Morgan fingerprint density at radius 3 is 1.26 bits per heavy atom. The summed E-state index contributed by atoms with van der Waals surface area (Å²) in [7, 11) is 0. The monoisotopic (exact) mass is 586 g/mol. The van der Waals surface area contributed by atoms with Crippen molar-refractivity contribution in [2.75, 3.05) is 0 Å². The molecule has 2 aromatic heterocycles. The van der Waals surface area contributed by atoms with E-state index in [-0.39, 0.29) is 0 Å². The summed E-state index contributed by atoms with van der Waals surface area (Å²) in [5.41, 5.74) is 8.73. The summed E-state index contributed by atoms with van der Waals surface area (Å²) in [6.07, 6.45) is 9.99. The fourth-order valence-electron chi connectivity index (χ4n) is 8.02. The van der Waals surface area contributed by atoms with Gasteiger partial charge < -0.3 is 9.13 Å². The highest BCUT2D eigenvalue weighted by Gasteiger charge is 2.23. The molecule has 0 spiro atoms. The lowest BCUT2D eigenvalue weighted by atomic mass is 9.89. The molecule has 0 fully saturated rings. The number of nitrogens with zero attached hydrogens (tertiary/aromatic N) is 2. The summed E-state index contributed by atoms with van der Waals surface area (Å²) < 4.78 is 5.03. The molecule has 0 radical (unpaired) electrons. The van der Waals surface area contributed by atoms with E-state index in [2.05, 4.69) is 173 Å². The zero-order valence-corrected chi connectivity index (χ0v) is 25.3. The molecule has 2 nitrogen and oxygen atoms in total. The molecule has 0 N–H and O–H groups in total. The van der Waals surface area contributed by atoms with Crippen LogP contribution in [-0.4, -0.2) is 9.13 Å². The number of hydrogen-bond acceptors (Lipinski definition) is 0. The first-order valence-electron chi connectivity index (χ1n) is 16.2. The van der Waals surface area contributed by atoms with Crippen LogP contribution >= 0.6 is 0 Å². The lowest BCUT2D eigenvalue weighted by Crippen LogP contribution is -2.04. The largest absolute Gasteiger partial charge is 0.308 e. The fourth-order valence-corrected chi connectivity index (χ4v) is 8.02. The minimum Gasteiger partial charge on any atom is -0.308 e. The van der Waals surface area contributed by atoms with E-state index in [1.807, 2.05) is 0 Å². The summed E-state index contributed by atoms with van der Waals surface area (Å²) in [4.78, 5) is 0. The van der Waals surface area contributed by atoms with E-state index < -0.39 is 0 Å². The summed E-state index contributed by atoms with van der Waals surface area (Å²) in [6.45, 7) is 0. The van der Waals surface area contributed by atoms with Crippen LogP contribution in [0.1, 0.15) is 17.9 Å². The van der Waals surface area contributed by atoms with Gasteiger partial charge in [0.05, 0.1) is 33.4 Å². The first-order valence-corrected chi connectivity index (χ1v) is 16.2. The summed E-state index contributed by atoms with van der Waals surface area (Å²) in [5.74, 6) is 0.351. The molecule has 46 heavy (non-hydrogen) atoms. The van der Waals surface area contributed by atoms with Crippen LogP contribution in [-0.2, 0) is 0 Å². The third-order valence-corrected chi connectivity index (χ3v) is 10.0. The van der Waals surface area contributed by atoms with Crippen molar-refractivity contribution in [1.82, 2.24) is 9.13 Å². The van der Waals surface area contributed by atoms with Gasteiger partial charge >= 0.3 is 0 Å². The molecule has 1 unspecified atom stereocenters. The van der Waals surface area contributed by atoms with Gasteiger partial charge in [-0.25, -0.2) is 0 Å². The van der Waals surface area contributed by atoms with Gasteiger partial charge in [-0.3, -0.25) is 0 Å². The van der Waals surface area contributed by atoms with Crippen LogP contribution in [0.15, 0.2) is 164 Å². The van der Waals surface area contributed by atoms with Crippen LogP contribution in [0.2, 0.25) is 0 Å². The Labute approximate surface area is 266 Å². The van der Waals surface area contributed by atoms with Crippen LogP contribution in [0.25, 0.3) is 76.5 Å². The molecular weight excluding hydrogens is 556 g/mol. The van der Waals surface area contributed by atoms with Crippen molar-refractivity contribution in [1.29, 1.82) is 0 Å². The molecule has 0 amide bonds. The highest BCUT2D eigenvalue weighted by molar-refractivity contribution is 6.20. The summed E-state index contributed by atoms with van der Waals surface area (Å²) in [6, 6.07) is 51.6. The highest BCUT2D eigenvalue weighted by atomic mass is 15.0. The molecule has 7 aromatic carbocycles. The average molecular weight is 587 g/mol. The second kappa shape index (κ2) is 9.82. The second-order valence-corrected chi connectivity index (χ2v) is 12.4. The van der Waals surface area contributed by atoms with Crippen LogP contribution in [0.3, 0.4) is 0 Å². The minimum absolute atomic E-state index is 0.351. The predicted molar refractivity (Wildman–Crippen MR) is 196 cm³/mol. The lowest BCUT2D eigenvalue weighted by molar-refractivity contribution is 0.855. The van der Waals surface area contributed by atoms with Crippen molar-refractivity contribution in [3.8, 4) is 11.4 Å². The highest BCUT2D eigenvalue weighted by Crippen LogP contribution is 2.45. The number of allylic oxidation sites excluding steroid dienone is 4. The molecule has 216 valence electrons. The number of hydrogen-bond donors (Lipinski definition) is 0. The zero-order valence-electron chi connectivity index (χ0n) is 25.3. The zero-order chi connectivity index (χ0) is 30.2. The Morgan fingerprint density at radius 2 is 0.804 bits per heavy atom. The third-order valence-electron chi connectivity index (χ3n) is 10.0. The van der Waals surface area contributed by atoms with Gasteiger partial charge in [-0.1, -0.05) is 133 Å². The number of rotatable bonds is 3. The van der Waals surface area contributed by atoms with Gasteiger partial charge in [0.2, 0.25) is 0 Å². The molecule has 1 aliphatic rings. The van der Waals surface area contributed by atoms with Gasteiger partial charge in [-0.2, -0.15) is 0 Å². The Morgan fingerprint density at radius 1 is 0.391 bits per heavy atom. The molecule has 0 saturated carbocycles. The summed E-state index contributed by atoms with van der Waals surface area (Å²) >= 11 is 0. The van der Waals surface area contributed by atoms with Gasteiger partial charge in [-0.05, 0) is 42.3 Å². The minimum atomic E-state index is 0.351. The smallest absolute Gasteiger partial charge is 0.0620 e. The van der Waals surface area contributed by atoms with Crippen molar-refractivity contribution >= 4 is 65.2 Å². The summed E-state index contributed by atoms with van der Waals surface area (Å²) in [5, 5.41) is 10.1. The fraction of sp³-hybridized carbons (Fsp3) is 0.0455. The predicted octanol–water partition coefficient (Wildman–Crippen LogP) is 11.8.